The molecule has 2 saturated heterocycles. The maximum atomic E-state index is 14.3. The van der Waals surface area contributed by atoms with Gasteiger partial charge < -0.3 is 18.8 Å². The number of ether oxygens (including phenoxy) is 2. The average Bonchev–Trinajstić information content (AvgIpc) is 3.29. The number of hydrogen-bond acceptors (Lipinski definition) is 8. The monoisotopic (exact) mass is 630 g/mol. The van der Waals surface area contributed by atoms with E-state index in [1.165, 1.54) is 0 Å². The highest BCUT2D eigenvalue weighted by molar-refractivity contribution is 6.99. The third-order valence-electron chi connectivity index (χ3n) is 8.24. The molecule has 232 valence electrons. The van der Waals surface area contributed by atoms with Crippen molar-refractivity contribution in [3.8, 4) is 6.01 Å². The van der Waals surface area contributed by atoms with Crippen LogP contribution in [0.25, 0.3) is 0 Å². The molecule has 2 fully saturated rings. The second-order valence-corrected chi connectivity index (χ2v) is 17.3. The smallest absolute Gasteiger partial charge is 0.322 e. The first-order chi connectivity index (χ1) is 21.6. The standard InChI is InChI=1S/C32H43ClFN5O3Si/c1-23(27-19-24(34)20-38(27)6)41-30-36-28(33)35-29(37-30)39-17-18-40-22-32(5,21-39)42-43(31(2,3)4,25-13-9-7-10-14-25)26-15-11-8-12-16-26/h7-16,23-24,27H,17-22H2,1-6H3/t23?,24-,27+,32+/m1/s1/i6D3. The van der Waals surface area contributed by atoms with Crippen LogP contribution in [0.2, 0.25) is 10.3 Å². The zero-order valence-corrected chi connectivity index (χ0v) is 27.2. The van der Waals surface area contributed by atoms with E-state index in [1.54, 1.807) is 6.92 Å². The highest BCUT2D eigenvalue weighted by atomic mass is 35.5. The molecule has 2 aromatic carbocycles. The number of rotatable bonds is 8. The van der Waals surface area contributed by atoms with Crippen molar-refractivity contribution in [1.82, 2.24) is 19.9 Å². The molecule has 3 aromatic rings. The Labute approximate surface area is 264 Å². The van der Waals surface area contributed by atoms with Crippen molar-refractivity contribution in [3.63, 3.8) is 0 Å². The molecule has 3 heterocycles. The molecule has 0 aliphatic carbocycles. The van der Waals surface area contributed by atoms with Crippen molar-refractivity contribution in [1.29, 1.82) is 0 Å². The molecule has 1 unspecified atom stereocenters. The number of halogens is 2. The molecule has 5 rings (SSSR count). The largest absolute Gasteiger partial charge is 0.459 e. The fourth-order valence-corrected chi connectivity index (χ4v) is 11.2. The lowest BCUT2D eigenvalue weighted by atomic mass is 10.1. The summed E-state index contributed by atoms with van der Waals surface area (Å²) in [6.07, 6.45) is -1.95. The maximum absolute atomic E-state index is 14.3. The van der Waals surface area contributed by atoms with Gasteiger partial charge in [0.15, 0.2) is 0 Å². The van der Waals surface area contributed by atoms with E-state index in [0.29, 0.717) is 26.3 Å². The third kappa shape index (κ3) is 6.88. The predicted molar refractivity (Wildman–Crippen MR) is 171 cm³/mol. The molecule has 2 aliphatic heterocycles. The zero-order valence-electron chi connectivity index (χ0n) is 28.5. The minimum absolute atomic E-state index is 0.0344. The Hall–Kier alpha value is -2.63. The number of hydrogen-bond donors (Lipinski definition) is 0. The fourth-order valence-electron chi connectivity index (χ4n) is 6.26. The van der Waals surface area contributed by atoms with Crippen molar-refractivity contribution in [3.05, 3.63) is 65.9 Å². The van der Waals surface area contributed by atoms with Gasteiger partial charge in [0.25, 0.3) is 8.32 Å². The van der Waals surface area contributed by atoms with Crippen LogP contribution in [0.5, 0.6) is 6.01 Å². The van der Waals surface area contributed by atoms with E-state index in [4.69, 9.17) is 29.6 Å². The number of likely N-dealkylation sites (N-methyl/N-ethyl adjacent to an activating group) is 1. The Morgan fingerprint density at radius 1 is 1.09 bits per heavy atom. The van der Waals surface area contributed by atoms with Crippen molar-refractivity contribution in [2.45, 2.75) is 70.0 Å². The van der Waals surface area contributed by atoms with Gasteiger partial charge in [-0.15, -0.1) is 0 Å². The highest BCUT2D eigenvalue weighted by Crippen LogP contribution is 2.40. The number of nitrogens with zero attached hydrogens (tertiary/aromatic N) is 5. The third-order valence-corrected chi connectivity index (χ3v) is 13.6. The molecule has 1 aromatic heterocycles. The first-order valence-electron chi connectivity index (χ1n) is 16.2. The Morgan fingerprint density at radius 2 is 1.74 bits per heavy atom. The van der Waals surface area contributed by atoms with Gasteiger partial charge in [-0.1, -0.05) is 81.4 Å². The van der Waals surface area contributed by atoms with Gasteiger partial charge in [-0.3, -0.25) is 4.90 Å². The molecule has 0 spiro atoms. The Morgan fingerprint density at radius 3 is 2.35 bits per heavy atom. The Bertz CT molecular complexity index is 1430. The van der Waals surface area contributed by atoms with E-state index in [9.17, 15) is 4.39 Å². The number of anilines is 1. The van der Waals surface area contributed by atoms with Gasteiger partial charge in [0, 0.05) is 23.2 Å². The van der Waals surface area contributed by atoms with Crippen LogP contribution in [-0.4, -0.2) is 91.9 Å². The number of aromatic nitrogens is 3. The molecule has 43 heavy (non-hydrogen) atoms. The van der Waals surface area contributed by atoms with Crippen LogP contribution in [0.4, 0.5) is 10.3 Å². The molecular formula is C32H43ClFN5O3Si. The van der Waals surface area contributed by atoms with Crippen molar-refractivity contribution < 1.29 is 22.4 Å². The maximum Gasteiger partial charge on any atom is 0.322 e. The van der Waals surface area contributed by atoms with Crippen LogP contribution in [-0.2, 0) is 9.16 Å². The molecule has 0 amide bonds. The summed E-state index contributed by atoms with van der Waals surface area (Å²) in [5, 5.41) is 2.00. The van der Waals surface area contributed by atoms with Gasteiger partial charge >= 0.3 is 6.01 Å². The van der Waals surface area contributed by atoms with E-state index in [0.717, 1.165) is 15.3 Å². The van der Waals surface area contributed by atoms with Crippen LogP contribution in [0.3, 0.4) is 0 Å². The summed E-state index contributed by atoms with van der Waals surface area (Å²) in [7, 11) is -2.94. The number of alkyl halides is 1. The van der Waals surface area contributed by atoms with Gasteiger partial charge in [-0.2, -0.15) is 15.0 Å². The summed E-state index contributed by atoms with van der Waals surface area (Å²) < 4.78 is 57.5. The van der Waals surface area contributed by atoms with Crippen molar-refractivity contribution >= 4 is 36.2 Å². The van der Waals surface area contributed by atoms with Gasteiger partial charge in [0.05, 0.1) is 25.4 Å². The Kier molecular flexibility index (Phi) is 8.28. The summed E-state index contributed by atoms with van der Waals surface area (Å²) in [6.45, 7) is 9.43. The average molecular weight is 631 g/mol. The molecule has 8 nitrogen and oxygen atoms in total. The SMILES string of the molecule is [2H]C([2H])([2H])N1C[C@H](F)C[C@H]1C(C)Oc1nc(Cl)nc(N2CCOC[C@@](C)(O[Si](c3ccccc3)(c3ccccc3)C(C)(C)C)C2)n1. The molecule has 11 heteroatoms. The summed E-state index contributed by atoms with van der Waals surface area (Å²) in [5.41, 5.74) is -0.782. The summed E-state index contributed by atoms with van der Waals surface area (Å²) in [4.78, 5) is 16.3. The number of likely N-dealkylation sites (tertiary alicyclic amines) is 1. The fraction of sp³-hybridized carbons (Fsp3) is 0.531. The lowest BCUT2D eigenvalue weighted by Crippen LogP contribution is -2.70. The predicted octanol–water partition coefficient (Wildman–Crippen LogP) is 4.51. The molecule has 4 atom stereocenters. The molecule has 0 bridgehead atoms. The summed E-state index contributed by atoms with van der Waals surface area (Å²) in [5.74, 6) is 0.285. The lowest BCUT2D eigenvalue weighted by molar-refractivity contribution is -0.000403. The van der Waals surface area contributed by atoms with E-state index < -0.39 is 39.2 Å². The van der Waals surface area contributed by atoms with Crippen LogP contribution >= 0.6 is 11.6 Å². The molecular weight excluding hydrogens is 585 g/mol. The van der Waals surface area contributed by atoms with E-state index in [1.807, 2.05) is 17.0 Å². The number of benzene rings is 2. The minimum Gasteiger partial charge on any atom is -0.459 e. The van der Waals surface area contributed by atoms with Gasteiger partial charge in [0.2, 0.25) is 11.2 Å². The quantitative estimate of drug-likeness (QED) is 0.337. The van der Waals surface area contributed by atoms with Gasteiger partial charge in [-0.25, -0.2) is 4.39 Å². The first kappa shape index (κ1) is 27.9. The van der Waals surface area contributed by atoms with Crippen molar-refractivity contribution in [2.24, 2.45) is 0 Å². The minimum atomic E-state index is -2.94. The van der Waals surface area contributed by atoms with E-state index >= 15 is 0 Å². The second-order valence-electron chi connectivity index (χ2n) is 12.8. The topological polar surface area (TPSA) is 72.8 Å². The molecule has 0 N–H and O–H groups in total. The molecule has 0 radical (unpaired) electrons. The summed E-state index contributed by atoms with van der Waals surface area (Å²) >= 11 is 6.39. The molecule has 0 saturated carbocycles. The van der Waals surface area contributed by atoms with Crippen LogP contribution < -0.4 is 20.0 Å². The highest BCUT2D eigenvalue weighted by Gasteiger charge is 2.54. The zero-order chi connectivity index (χ0) is 33.3. The summed E-state index contributed by atoms with van der Waals surface area (Å²) in [6, 6.07) is 20.1. The normalized spacial score (nSPS) is 25.8. The van der Waals surface area contributed by atoms with Gasteiger partial charge in [-0.05, 0) is 54.3 Å². The first-order valence-corrected chi connectivity index (χ1v) is 17.0. The van der Waals surface area contributed by atoms with Crippen LogP contribution in [0, 0.1) is 0 Å². The van der Waals surface area contributed by atoms with Crippen LogP contribution in [0.1, 0.15) is 45.2 Å². The van der Waals surface area contributed by atoms with Crippen LogP contribution in [0.15, 0.2) is 60.7 Å². The van der Waals surface area contributed by atoms with E-state index in [-0.39, 0.29) is 35.2 Å². The second kappa shape index (κ2) is 12.8. The Balaban J connectivity index is 1.46. The molecule has 2 aliphatic rings. The van der Waals surface area contributed by atoms with Crippen molar-refractivity contribution in [2.75, 3.05) is 44.7 Å². The lowest BCUT2D eigenvalue weighted by Gasteiger charge is -2.48. The van der Waals surface area contributed by atoms with Gasteiger partial charge in [0.1, 0.15) is 12.3 Å². The van der Waals surface area contributed by atoms with E-state index in [2.05, 4.69) is 91.2 Å².